The largest absolute Gasteiger partial charge is 0.393 e. The van der Waals surface area contributed by atoms with Gasteiger partial charge in [0, 0.05) is 0 Å². The van der Waals surface area contributed by atoms with E-state index in [0.717, 1.165) is 23.7 Å². The third-order valence-corrected chi connectivity index (χ3v) is 5.81. The molecule has 0 aliphatic heterocycles. The summed E-state index contributed by atoms with van der Waals surface area (Å²) in [5.74, 6) is 4.88. The molecular weight excluding hydrogens is 196 g/mol. The maximum atomic E-state index is 10.4. The Kier molecular flexibility index (Phi) is 2.78. The van der Waals surface area contributed by atoms with Gasteiger partial charge in [0.05, 0.1) is 6.10 Å². The topological polar surface area (TPSA) is 20.2 Å². The number of fused-ring (bicyclic) bond motifs is 2. The smallest absolute Gasteiger partial charge is 0.0596 e. The van der Waals surface area contributed by atoms with Crippen LogP contribution in [0.1, 0.15) is 52.4 Å². The Morgan fingerprint density at radius 1 is 0.875 bits per heavy atom. The first-order valence-electron chi connectivity index (χ1n) is 7.33. The van der Waals surface area contributed by atoms with E-state index in [9.17, 15) is 5.11 Å². The molecule has 3 fully saturated rings. The van der Waals surface area contributed by atoms with Gasteiger partial charge in [-0.1, -0.05) is 20.3 Å². The Labute approximate surface area is 99.6 Å². The van der Waals surface area contributed by atoms with Gasteiger partial charge in [-0.3, -0.25) is 0 Å². The third-order valence-electron chi connectivity index (χ3n) is 5.81. The van der Waals surface area contributed by atoms with E-state index >= 15 is 0 Å². The molecule has 0 heterocycles. The molecule has 92 valence electrons. The molecule has 0 unspecified atom stereocenters. The van der Waals surface area contributed by atoms with E-state index in [1.165, 1.54) is 38.5 Å². The molecule has 3 aliphatic rings. The molecular formula is C15H26O. The number of rotatable bonds is 1. The molecule has 1 heteroatoms. The van der Waals surface area contributed by atoms with Gasteiger partial charge < -0.3 is 5.11 Å². The van der Waals surface area contributed by atoms with Gasteiger partial charge in [-0.2, -0.15) is 0 Å². The van der Waals surface area contributed by atoms with Crippen molar-refractivity contribution in [2.75, 3.05) is 0 Å². The lowest BCUT2D eigenvalue weighted by Gasteiger charge is -2.42. The number of hydrogen-bond acceptors (Lipinski definition) is 1. The summed E-state index contributed by atoms with van der Waals surface area (Å²) >= 11 is 0. The second-order valence-electron chi connectivity index (χ2n) is 7.05. The summed E-state index contributed by atoms with van der Waals surface area (Å²) in [7, 11) is 0. The first kappa shape index (κ1) is 11.1. The second-order valence-corrected chi connectivity index (χ2v) is 7.05. The molecule has 0 aromatic heterocycles. The molecule has 3 aliphatic carbocycles. The SMILES string of the molecule is C[C@H]1C[C@@H]([C@@H]2C[C@H]3CC[C@H]2C3)[C@@H](O)[C@@H](C)C1. The molecule has 2 bridgehead atoms. The summed E-state index contributed by atoms with van der Waals surface area (Å²) in [5, 5.41) is 10.4. The highest BCUT2D eigenvalue weighted by molar-refractivity contribution is 4.97. The van der Waals surface area contributed by atoms with Crippen molar-refractivity contribution in [3.05, 3.63) is 0 Å². The minimum absolute atomic E-state index is 0.000509. The summed E-state index contributed by atoms with van der Waals surface area (Å²) in [6, 6.07) is 0. The fraction of sp³-hybridized carbons (Fsp3) is 1.00. The molecule has 3 saturated carbocycles. The molecule has 0 spiro atoms. The second kappa shape index (κ2) is 4.01. The van der Waals surface area contributed by atoms with Crippen molar-refractivity contribution >= 4 is 0 Å². The Hall–Kier alpha value is -0.0400. The summed E-state index contributed by atoms with van der Waals surface area (Å²) in [6.07, 6.45) is 8.39. The summed E-state index contributed by atoms with van der Waals surface area (Å²) in [4.78, 5) is 0. The van der Waals surface area contributed by atoms with E-state index in [-0.39, 0.29) is 6.10 Å². The van der Waals surface area contributed by atoms with Gasteiger partial charge in [0.2, 0.25) is 0 Å². The van der Waals surface area contributed by atoms with Crippen molar-refractivity contribution in [2.45, 2.75) is 58.5 Å². The quantitative estimate of drug-likeness (QED) is 0.720. The van der Waals surface area contributed by atoms with E-state index < -0.39 is 0 Å². The fourth-order valence-corrected chi connectivity index (χ4v) is 5.14. The van der Waals surface area contributed by atoms with E-state index in [2.05, 4.69) is 13.8 Å². The zero-order chi connectivity index (χ0) is 11.3. The number of aliphatic hydroxyl groups excluding tert-OH is 1. The maximum Gasteiger partial charge on any atom is 0.0596 e. The molecule has 0 radical (unpaired) electrons. The highest BCUT2D eigenvalue weighted by Crippen LogP contribution is 2.54. The van der Waals surface area contributed by atoms with Gasteiger partial charge in [-0.25, -0.2) is 0 Å². The van der Waals surface area contributed by atoms with Gasteiger partial charge in [-0.15, -0.1) is 0 Å². The predicted molar refractivity (Wildman–Crippen MR) is 66.0 cm³/mol. The zero-order valence-electron chi connectivity index (χ0n) is 10.7. The highest BCUT2D eigenvalue weighted by atomic mass is 16.3. The van der Waals surface area contributed by atoms with Gasteiger partial charge >= 0.3 is 0 Å². The predicted octanol–water partition coefficient (Wildman–Crippen LogP) is 3.47. The molecule has 1 nitrogen and oxygen atoms in total. The molecule has 7 atom stereocenters. The van der Waals surface area contributed by atoms with Crippen molar-refractivity contribution in [3.8, 4) is 0 Å². The van der Waals surface area contributed by atoms with Crippen molar-refractivity contribution in [2.24, 2.45) is 35.5 Å². The van der Waals surface area contributed by atoms with Crippen LogP contribution in [0.2, 0.25) is 0 Å². The fourth-order valence-electron chi connectivity index (χ4n) is 5.14. The van der Waals surface area contributed by atoms with Crippen molar-refractivity contribution in [1.82, 2.24) is 0 Å². The lowest BCUT2D eigenvalue weighted by atomic mass is 9.66. The van der Waals surface area contributed by atoms with E-state index in [0.29, 0.717) is 11.8 Å². The Morgan fingerprint density at radius 2 is 1.69 bits per heavy atom. The van der Waals surface area contributed by atoms with Gasteiger partial charge in [-0.05, 0) is 67.6 Å². The molecule has 0 amide bonds. The maximum absolute atomic E-state index is 10.4. The van der Waals surface area contributed by atoms with Crippen LogP contribution in [0, 0.1) is 35.5 Å². The van der Waals surface area contributed by atoms with Crippen LogP contribution in [0.15, 0.2) is 0 Å². The Balaban J connectivity index is 1.73. The van der Waals surface area contributed by atoms with Crippen LogP contribution in [-0.4, -0.2) is 11.2 Å². The zero-order valence-corrected chi connectivity index (χ0v) is 10.7. The minimum atomic E-state index is 0.000509. The Bertz CT molecular complexity index is 262. The van der Waals surface area contributed by atoms with E-state index in [1.54, 1.807) is 0 Å². The number of hydrogen-bond donors (Lipinski definition) is 1. The van der Waals surface area contributed by atoms with Gasteiger partial charge in [0.1, 0.15) is 0 Å². The van der Waals surface area contributed by atoms with Crippen LogP contribution < -0.4 is 0 Å². The van der Waals surface area contributed by atoms with Crippen LogP contribution in [0.3, 0.4) is 0 Å². The van der Waals surface area contributed by atoms with Crippen LogP contribution in [0.4, 0.5) is 0 Å². The summed E-state index contributed by atoms with van der Waals surface area (Å²) < 4.78 is 0. The number of aliphatic hydroxyl groups is 1. The van der Waals surface area contributed by atoms with Gasteiger partial charge in [0.15, 0.2) is 0 Å². The molecule has 1 N–H and O–H groups in total. The first-order valence-corrected chi connectivity index (χ1v) is 7.33. The van der Waals surface area contributed by atoms with Crippen LogP contribution in [-0.2, 0) is 0 Å². The van der Waals surface area contributed by atoms with E-state index in [1.807, 2.05) is 0 Å². The monoisotopic (exact) mass is 222 g/mol. The highest BCUT2D eigenvalue weighted by Gasteiger charge is 2.47. The third kappa shape index (κ3) is 1.72. The molecule has 0 aromatic carbocycles. The van der Waals surface area contributed by atoms with Crippen LogP contribution >= 0.6 is 0 Å². The van der Waals surface area contributed by atoms with Crippen molar-refractivity contribution < 1.29 is 5.11 Å². The lowest BCUT2D eigenvalue weighted by molar-refractivity contribution is -0.0312. The average Bonchev–Trinajstić information content (AvgIpc) is 2.84. The summed E-state index contributed by atoms with van der Waals surface area (Å²) in [6.45, 7) is 4.63. The first-order chi connectivity index (χ1) is 7.65. The van der Waals surface area contributed by atoms with Crippen molar-refractivity contribution in [3.63, 3.8) is 0 Å². The average molecular weight is 222 g/mol. The minimum Gasteiger partial charge on any atom is -0.393 e. The molecule has 16 heavy (non-hydrogen) atoms. The Morgan fingerprint density at radius 3 is 2.31 bits per heavy atom. The van der Waals surface area contributed by atoms with Crippen LogP contribution in [0.5, 0.6) is 0 Å². The molecule has 0 aromatic rings. The van der Waals surface area contributed by atoms with Crippen molar-refractivity contribution in [1.29, 1.82) is 0 Å². The van der Waals surface area contributed by atoms with Crippen LogP contribution in [0.25, 0.3) is 0 Å². The molecule has 3 rings (SSSR count). The lowest BCUT2D eigenvalue weighted by Crippen LogP contribution is -2.40. The summed E-state index contributed by atoms with van der Waals surface area (Å²) in [5.41, 5.74) is 0. The van der Waals surface area contributed by atoms with E-state index in [4.69, 9.17) is 0 Å². The molecule has 0 saturated heterocycles. The normalized spacial score (nSPS) is 56.8. The standard InChI is InChI=1S/C15H26O/c1-9-5-10(2)15(16)14(6-9)13-8-11-3-4-12(13)7-11/h9-16H,3-8H2,1-2H3/t9-,10+,11+,12+,13-,14+,15+/m1/s1. The van der Waals surface area contributed by atoms with Gasteiger partial charge in [0.25, 0.3) is 0 Å².